The molecular weight excluding hydrogens is 188 g/mol. The molecule has 2 nitrogen and oxygen atoms in total. The number of hydrogen-bond donors (Lipinski definition) is 0. The Bertz CT molecular complexity index is 380. The lowest BCUT2D eigenvalue weighted by Crippen LogP contribution is -2.24. The van der Waals surface area contributed by atoms with E-state index in [0.717, 1.165) is 17.9 Å². The van der Waals surface area contributed by atoms with Crippen LogP contribution in [0.2, 0.25) is 0 Å². The molecule has 0 unspecified atom stereocenters. The monoisotopic (exact) mass is 204 g/mol. The second-order valence-corrected chi connectivity index (χ2v) is 4.38. The molecule has 0 saturated carbocycles. The van der Waals surface area contributed by atoms with Gasteiger partial charge in [-0.05, 0) is 19.9 Å². The third kappa shape index (κ3) is 1.99. The Morgan fingerprint density at radius 2 is 2.33 bits per heavy atom. The van der Waals surface area contributed by atoms with Gasteiger partial charge in [0.25, 0.3) is 0 Å². The molecule has 2 heteroatoms. The number of rotatable bonds is 3. The summed E-state index contributed by atoms with van der Waals surface area (Å²) in [5.74, 6) is 1.71. The van der Waals surface area contributed by atoms with Crippen molar-refractivity contribution in [1.82, 2.24) is 0 Å². The molecule has 1 heterocycles. The van der Waals surface area contributed by atoms with Gasteiger partial charge in [-0.3, -0.25) is 0 Å². The first kappa shape index (κ1) is 10.1. The fraction of sp³-hybridized carbons (Fsp3) is 0.385. The van der Waals surface area contributed by atoms with Gasteiger partial charge in [0.1, 0.15) is 12.2 Å². The molecule has 1 aliphatic rings. The van der Waals surface area contributed by atoms with E-state index < -0.39 is 0 Å². The smallest absolute Gasteiger partial charge is 0.165 e. The Kier molecular flexibility index (Phi) is 2.43. The Morgan fingerprint density at radius 1 is 1.53 bits per heavy atom. The molecule has 0 aromatic heterocycles. The normalized spacial score (nSPS) is 16.7. The number of ether oxygens (including phenoxy) is 2. The third-order valence-electron chi connectivity index (χ3n) is 2.41. The average Bonchev–Trinajstić information content (AvgIpc) is 2.49. The van der Waals surface area contributed by atoms with Crippen molar-refractivity contribution >= 4 is 0 Å². The van der Waals surface area contributed by atoms with Gasteiger partial charge in [-0.2, -0.15) is 0 Å². The molecule has 0 aliphatic carbocycles. The van der Waals surface area contributed by atoms with Crippen molar-refractivity contribution in [3.05, 3.63) is 36.4 Å². The highest BCUT2D eigenvalue weighted by Crippen LogP contribution is 2.41. The minimum absolute atomic E-state index is 0.115. The summed E-state index contributed by atoms with van der Waals surface area (Å²) in [6.45, 7) is 8.32. The highest BCUT2D eigenvalue weighted by atomic mass is 16.5. The van der Waals surface area contributed by atoms with E-state index in [0.29, 0.717) is 6.61 Å². The van der Waals surface area contributed by atoms with Gasteiger partial charge in [0.15, 0.2) is 11.5 Å². The van der Waals surface area contributed by atoms with Gasteiger partial charge in [-0.1, -0.05) is 24.8 Å². The zero-order valence-corrected chi connectivity index (χ0v) is 9.25. The fourth-order valence-electron chi connectivity index (χ4n) is 1.85. The van der Waals surface area contributed by atoms with E-state index in [-0.39, 0.29) is 5.60 Å². The van der Waals surface area contributed by atoms with Gasteiger partial charge in [0, 0.05) is 12.0 Å². The molecule has 1 aromatic carbocycles. The quantitative estimate of drug-likeness (QED) is 0.705. The fourth-order valence-corrected chi connectivity index (χ4v) is 1.85. The lowest BCUT2D eigenvalue weighted by Gasteiger charge is -2.18. The standard InChI is InChI=1S/C13H16O2/c1-4-8-14-11-7-5-6-10-9-13(2,3)15-12(10)11/h4-7H,1,8-9H2,2-3H3. The van der Waals surface area contributed by atoms with Crippen molar-refractivity contribution in [2.75, 3.05) is 6.61 Å². The van der Waals surface area contributed by atoms with E-state index in [1.54, 1.807) is 6.08 Å². The van der Waals surface area contributed by atoms with Crippen LogP contribution in [0.15, 0.2) is 30.9 Å². The predicted octanol–water partition coefficient (Wildman–Crippen LogP) is 2.96. The van der Waals surface area contributed by atoms with Crippen LogP contribution in [0.5, 0.6) is 11.5 Å². The summed E-state index contributed by atoms with van der Waals surface area (Å²) in [6.07, 6.45) is 2.67. The van der Waals surface area contributed by atoms with Crippen LogP contribution in [0.1, 0.15) is 19.4 Å². The maximum Gasteiger partial charge on any atom is 0.165 e. The lowest BCUT2D eigenvalue weighted by molar-refractivity contribution is 0.133. The van der Waals surface area contributed by atoms with E-state index in [4.69, 9.17) is 9.47 Å². The highest BCUT2D eigenvalue weighted by Gasteiger charge is 2.32. The molecule has 80 valence electrons. The van der Waals surface area contributed by atoms with Crippen molar-refractivity contribution in [3.63, 3.8) is 0 Å². The van der Waals surface area contributed by atoms with Crippen LogP contribution in [0.4, 0.5) is 0 Å². The Balaban J connectivity index is 2.29. The van der Waals surface area contributed by atoms with Crippen LogP contribution in [0.3, 0.4) is 0 Å². The summed E-state index contributed by atoms with van der Waals surface area (Å²) in [5.41, 5.74) is 1.11. The van der Waals surface area contributed by atoms with Crippen LogP contribution in [-0.4, -0.2) is 12.2 Å². The van der Waals surface area contributed by atoms with Crippen LogP contribution < -0.4 is 9.47 Å². The van der Waals surface area contributed by atoms with Gasteiger partial charge >= 0.3 is 0 Å². The molecule has 15 heavy (non-hydrogen) atoms. The summed E-state index contributed by atoms with van der Waals surface area (Å²) in [6, 6.07) is 6.02. The van der Waals surface area contributed by atoms with Gasteiger partial charge in [0.05, 0.1) is 0 Å². The van der Waals surface area contributed by atoms with Crippen molar-refractivity contribution in [2.24, 2.45) is 0 Å². The van der Waals surface area contributed by atoms with Crippen LogP contribution in [-0.2, 0) is 6.42 Å². The first-order chi connectivity index (χ1) is 7.12. The molecule has 0 atom stereocenters. The van der Waals surface area contributed by atoms with Gasteiger partial charge in [-0.25, -0.2) is 0 Å². The van der Waals surface area contributed by atoms with Crippen molar-refractivity contribution in [1.29, 1.82) is 0 Å². The second kappa shape index (κ2) is 3.61. The second-order valence-electron chi connectivity index (χ2n) is 4.38. The minimum atomic E-state index is -0.115. The number of hydrogen-bond acceptors (Lipinski definition) is 2. The summed E-state index contributed by atoms with van der Waals surface area (Å²) >= 11 is 0. The molecule has 1 aromatic rings. The van der Waals surface area contributed by atoms with Crippen molar-refractivity contribution in [2.45, 2.75) is 25.9 Å². The van der Waals surface area contributed by atoms with Crippen LogP contribution >= 0.6 is 0 Å². The van der Waals surface area contributed by atoms with E-state index >= 15 is 0 Å². The molecule has 0 spiro atoms. The summed E-state index contributed by atoms with van der Waals surface area (Å²) < 4.78 is 11.4. The molecule has 0 N–H and O–H groups in total. The third-order valence-corrected chi connectivity index (χ3v) is 2.41. The van der Waals surface area contributed by atoms with Gasteiger partial charge < -0.3 is 9.47 Å². The van der Waals surface area contributed by atoms with Crippen molar-refractivity contribution in [3.8, 4) is 11.5 Å². The molecule has 0 amide bonds. The van der Waals surface area contributed by atoms with Gasteiger partial charge in [-0.15, -0.1) is 0 Å². The van der Waals surface area contributed by atoms with Gasteiger partial charge in [0.2, 0.25) is 0 Å². The molecule has 0 radical (unpaired) electrons. The predicted molar refractivity (Wildman–Crippen MR) is 60.5 cm³/mol. The topological polar surface area (TPSA) is 18.5 Å². The van der Waals surface area contributed by atoms with E-state index in [2.05, 4.69) is 26.5 Å². The number of fused-ring (bicyclic) bond motifs is 1. The largest absolute Gasteiger partial charge is 0.486 e. The maximum atomic E-state index is 5.86. The first-order valence-corrected chi connectivity index (χ1v) is 5.17. The van der Waals surface area contributed by atoms with E-state index in [1.165, 1.54) is 5.56 Å². The maximum absolute atomic E-state index is 5.86. The molecule has 1 aliphatic heterocycles. The molecule has 2 rings (SSSR count). The first-order valence-electron chi connectivity index (χ1n) is 5.17. The van der Waals surface area contributed by atoms with Crippen LogP contribution in [0.25, 0.3) is 0 Å². The number of para-hydroxylation sites is 1. The average molecular weight is 204 g/mol. The zero-order chi connectivity index (χ0) is 10.9. The Hall–Kier alpha value is -1.44. The highest BCUT2D eigenvalue weighted by molar-refractivity contribution is 5.50. The summed E-state index contributed by atoms with van der Waals surface area (Å²) in [7, 11) is 0. The van der Waals surface area contributed by atoms with E-state index in [9.17, 15) is 0 Å². The zero-order valence-electron chi connectivity index (χ0n) is 9.25. The van der Waals surface area contributed by atoms with Crippen molar-refractivity contribution < 1.29 is 9.47 Å². The molecule has 0 bridgehead atoms. The van der Waals surface area contributed by atoms with Crippen LogP contribution in [0, 0.1) is 0 Å². The molecular formula is C13H16O2. The Morgan fingerprint density at radius 3 is 3.07 bits per heavy atom. The lowest BCUT2D eigenvalue weighted by atomic mass is 10.0. The summed E-state index contributed by atoms with van der Waals surface area (Å²) in [4.78, 5) is 0. The number of benzene rings is 1. The summed E-state index contributed by atoms with van der Waals surface area (Å²) in [5, 5.41) is 0. The minimum Gasteiger partial charge on any atom is -0.486 e. The molecule has 0 fully saturated rings. The SMILES string of the molecule is C=CCOc1cccc2c1OC(C)(C)C2. The molecule has 0 saturated heterocycles. The van der Waals surface area contributed by atoms with E-state index in [1.807, 2.05) is 12.1 Å². The Labute approximate surface area is 90.5 Å².